The van der Waals surface area contributed by atoms with E-state index in [2.05, 4.69) is 15.3 Å². The monoisotopic (exact) mass is 260 g/mol. The second-order valence-corrected chi connectivity index (χ2v) is 3.89. The minimum Gasteiger partial charge on any atom is -0.366 e. The van der Waals surface area contributed by atoms with E-state index >= 15 is 0 Å². The molecule has 2 rings (SSSR count). The van der Waals surface area contributed by atoms with Gasteiger partial charge >= 0.3 is 0 Å². The van der Waals surface area contributed by atoms with Crippen LogP contribution in [-0.2, 0) is 6.54 Å². The lowest BCUT2D eigenvalue weighted by Crippen LogP contribution is -2.05. The Hall–Kier alpha value is -2.55. The van der Waals surface area contributed by atoms with E-state index in [1.807, 2.05) is 6.07 Å². The first kappa shape index (κ1) is 12.9. The Morgan fingerprint density at radius 1 is 1.26 bits per heavy atom. The van der Waals surface area contributed by atoms with Crippen LogP contribution < -0.4 is 5.32 Å². The van der Waals surface area contributed by atoms with Crippen molar-refractivity contribution in [3.8, 4) is 6.07 Å². The molecule has 1 aromatic heterocycles. The highest BCUT2D eigenvalue weighted by Gasteiger charge is 2.05. The highest BCUT2D eigenvalue weighted by molar-refractivity contribution is 5.40. The summed E-state index contributed by atoms with van der Waals surface area (Å²) in [5.74, 6) is -0.376. The molecule has 96 valence electrons. The van der Waals surface area contributed by atoms with Crippen molar-refractivity contribution in [2.75, 3.05) is 5.32 Å². The van der Waals surface area contributed by atoms with Crippen molar-refractivity contribution in [1.29, 1.82) is 5.26 Å². The number of anilines is 1. The molecular weight excluding hydrogens is 250 g/mol. The zero-order valence-electron chi connectivity index (χ0n) is 10.1. The summed E-state index contributed by atoms with van der Waals surface area (Å²) in [7, 11) is 0. The Kier molecular flexibility index (Phi) is 3.66. The van der Waals surface area contributed by atoms with Crippen LogP contribution in [0.4, 0.5) is 14.6 Å². The zero-order valence-corrected chi connectivity index (χ0v) is 10.1. The summed E-state index contributed by atoms with van der Waals surface area (Å²) in [6.07, 6.45) is 0. The van der Waals surface area contributed by atoms with Crippen molar-refractivity contribution in [3.05, 3.63) is 53.0 Å². The summed E-state index contributed by atoms with van der Waals surface area (Å²) in [5.41, 5.74) is 0.547. The normalized spacial score (nSPS) is 10.0. The topological polar surface area (TPSA) is 61.6 Å². The van der Waals surface area contributed by atoms with Crippen LogP contribution in [0, 0.1) is 29.9 Å². The van der Waals surface area contributed by atoms with Gasteiger partial charge in [-0.1, -0.05) is 6.07 Å². The van der Waals surface area contributed by atoms with Crippen LogP contribution in [0.1, 0.15) is 17.1 Å². The average Bonchev–Trinajstić information content (AvgIpc) is 2.37. The van der Waals surface area contributed by atoms with Crippen LogP contribution >= 0.6 is 0 Å². The second-order valence-electron chi connectivity index (χ2n) is 3.89. The van der Waals surface area contributed by atoms with Gasteiger partial charge in [0.15, 0.2) is 0 Å². The Bertz CT molecular complexity index is 650. The number of halogens is 2. The van der Waals surface area contributed by atoms with E-state index in [-0.39, 0.29) is 12.2 Å². The third-order valence-electron chi connectivity index (χ3n) is 2.43. The molecule has 0 saturated heterocycles. The van der Waals surface area contributed by atoms with Crippen molar-refractivity contribution in [1.82, 2.24) is 9.97 Å². The van der Waals surface area contributed by atoms with Gasteiger partial charge in [0.25, 0.3) is 0 Å². The van der Waals surface area contributed by atoms with Crippen LogP contribution in [-0.4, -0.2) is 9.97 Å². The van der Waals surface area contributed by atoms with Crippen molar-refractivity contribution in [2.24, 2.45) is 0 Å². The van der Waals surface area contributed by atoms with Crippen molar-refractivity contribution < 1.29 is 8.78 Å². The molecule has 1 N–H and O–H groups in total. The summed E-state index contributed by atoms with van der Waals surface area (Å²) in [4.78, 5) is 7.97. The summed E-state index contributed by atoms with van der Waals surface area (Å²) in [5, 5.41) is 11.6. The van der Waals surface area contributed by atoms with Gasteiger partial charge in [0.05, 0.1) is 0 Å². The van der Waals surface area contributed by atoms with Crippen LogP contribution in [0.25, 0.3) is 0 Å². The Labute approximate surface area is 108 Å². The van der Waals surface area contributed by atoms with Gasteiger partial charge in [0.1, 0.15) is 35.0 Å². The van der Waals surface area contributed by atoms with E-state index in [0.717, 1.165) is 6.07 Å². The molecule has 0 aliphatic carbocycles. The summed E-state index contributed by atoms with van der Waals surface area (Å²) in [6, 6.07) is 6.74. The molecule has 0 spiro atoms. The molecule has 0 aliphatic rings. The third kappa shape index (κ3) is 3.22. The summed E-state index contributed by atoms with van der Waals surface area (Å²) in [6.45, 7) is 1.80. The first-order valence-corrected chi connectivity index (χ1v) is 5.52. The van der Waals surface area contributed by atoms with Crippen LogP contribution in [0.5, 0.6) is 0 Å². The molecule has 0 atom stereocenters. The van der Waals surface area contributed by atoms with Crippen LogP contribution in [0.2, 0.25) is 0 Å². The fraction of sp³-hybridized carbons (Fsp3) is 0.154. The molecule has 0 radical (unpaired) electrons. The molecule has 0 bridgehead atoms. The van der Waals surface area contributed by atoms with Gasteiger partial charge in [0, 0.05) is 24.2 Å². The maximum Gasteiger partial charge on any atom is 0.146 e. The quantitative estimate of drug-likeness (QED) is 0.921. The predicted octanol–water partition coefficient (Wildman–Crippen LogP) is 2.55. The summed E-state index contributed by atoms with van der Waals surface area (Å²) >= 11 is 0. The molecule has 2 aromatic rings. The molecule has 0 aliphatic heterocycles. The molecule has 19 heavy (non-hydrogen) atoms. The number of benzene rings is 1. The van der Waals surface area contributed by atoms with Crippen LogP contribution in [0.3, 0.4) is 0 Å². The van der Waals surface area contributed by atoms with E-state index in [1.54, 1.807) is 6.92 Å². The molecular formula is C13H10F2N4. The van der Waals surface area contributed by atoms with Gasteiger partial charge in [-0.15, -0.1) is 0 Å². The van der Waals surface area contributed by atoms with Crippen LogP contribution in [0.15, 0.2) is 24.3 Å². The van der Waals surface area contributed by atoms with Gasteiger partial charge in [-0.2, -0.15) is 5.26 Å². The van der Waals surface area contributed by atoms with Gasteiger partial charge in [-0.3, -0.25) is 0 Å². The van der Waals surface area contributed by atoms with Crippen molar-refractivity contribution >= 4 is 5.82 Å². The first-order chi connectivity index (χ1) is 9.08. The largest absolute Gasteiger partial charge is 0.366 e. The second kappa shape index (κ2) is 5.40. The fourth-order valence-electron chi connectivity index (χ4n) is 1.57. The van der Waals surface area contributed by atoms with E-state index in [0.29, 0.717) is 17.2 Å². The lowest BCUT2D eigenvalue weighted by Gasteiger charge is -2.07. The van der Waals surface area contributed by atoms with Gasteiger partial charge in [-0.25, -0.2) is 18.7 Å². The minimum absolute atomic E-state index is 0.146. The Morgan fingerprint density at radius 3 is 2.74 bits per heavy atom. The van der Waals surface area contributed by atoms with Gasteiger partial charge in [0.2, 0.25) is 0 Å². The van der Waals surface area contributed by atoms with E-state index < -0.39 is 11.6 Å². The number of hydrogen-bond donors (Lipinski definition) is 1. The number of aromatic nitrogens is 2. The van der Waals surface area contributed by atoms with Crippen molar-refractivity contribution in [3.63, 3.8) is 0 Å². The molecule has 4 nitrogen and oxygen atoms in total. The number of aryl methyl sites for hydroxylation is 1. The lowest BCUT2D eigenvalue weighted by atomic mass is 10.2. The van der Waals surface area contributed by atoms with E-state index in [1.165, 1.54) is 18.2 Å². The molecule has 0 fully saturated rings. The molecule has 1 aromatic carbocycles. The standard InChI is InChI=1S/C13H10F2N4/c1-8-18-11(6-16)5-13(19-8)17-7-9-2-3-10(14)4-12(9)15/h2-5H,7H2,1H3,(H,17,18,19). The van der Waals surface area contributed by atoms with Gasteiger partial charge in [-0.05, 0) is 13.0 Å². The first-order valence-electron chi connectivity index (χ1n) is 5.52. The zero-order chi connectivity index (χ0) is 13.8. The molecule has 0 saturated carbocycles. The third-order valence-corrected chi connectivity index (χ3v) is 2.43. The Morgan fingerprint density at radius 2 is 2.05 bits per heavy atom. The number of hydrogen-bond acceptors (Lipinski definition) is 4. The maximum atomic E-state index is 13.4. The van der Waals surface area contributed by atoms with E-state index in [4.69, 9.17) is 5.26 Å². The summed E-state index contributed by atoms with van der Waals surface area (Å²) < 4.78 is 26.2. The Balaban J connectivity index is 2.14. The van der Waals surface area contributed by atoms with Gasteiger partial charge < -0.3 is 5.32 Å². The molecule has 1 heterocycles. The fourth-order valence-corrected chi connectivity index (χ4v) is 1.57. The highest BCUT2D eigenvalue weighted by Crippen LogP contribution is 2.12. The number of nitrogens with one attached hydrogen (secondary N) is 1. The maximum absolute atomic E-state index is 13.4. The predicted molar refractivity (Wildman–Crippen MR) is 65.2 cm³/mol. The highest BCUT2D eigenvalue weighted by atomic mass is 19.1. The van der Waals surface area contributed by atoms with Crippen molar-refractivity contribution in [2.45, 2.75) is 13.5 Å². The minimum atomic E-state index is -0.626. The average molecular weight is 260 g/mol. The number of rotatable bonds is 3. The molecule has 6 heteroatoms. The number of nitrogens with zero attached hydrogens (tertiary/aromatic N) is 3. The van der Waals surface area contributed by atoms with E-state index in [9.17, 15) is 8.78 Å². The number of nitriles is 1. The molecule has 0 amide bonds. The molecule has 0 unspecified atom stereocenters. The lowest BCUT2D eigenvalue weighted by molar-refractivity contribution is 0.574. The smallest absolute Gasteiger partial charge is 0.146 e. The SMILES string of the molecule is Cc1nc(C#N)cc(NCc2ccc(F)cc2F)n1.